The number of ether oxygens (including phenoxy) is 2. The lowest BCUT2D eigenvalue weighted by molar-refractivity contribution is 0.395. The van der Waals surface area contributed by atoms with Crippen molar-refractivity contribution < 1.29 is 9.47 Å². The highest BCUT2D eigenvalue weighted by Crippen LogP contribution is 2.32. The van der Waals surface area contributed by atoms with Gasteiger partial charge in [-0.15, -0.1) is 0 Å². The van der Waals surface area contributed by atoms with Crippen LogP contribution in [0.2, 0.25) is 0 Å². The molecule has 2 rings (SSSR count). The fraction of sp³-hybridized carbons (Fsp3) is 0.333. The smallest absolute Gasteiger partial charge is 0.131 e. The molecule has 4 nitrogen and oxygen atoms in total. The second kappa shape index (κ2) is 6.05. The van der Waals surface area contributed by atoms with E-state index in [4.69, 9.17) is 21.7 Å². The molecular formula is C15H18N2O2S. The largest absolute Gasteiger partial charge is 0.497 e. The third-order valence-corrected chi connectivity index (χ3v) is 3.22. The molecule has 0 spiro atoms. The maximum Gasteiger partial charge on any atom is 0.131 e. The van der Waals surface area contributed by atoms with Gasteiger partial charge in [0, 0.05) is 17.5 Å². The van der Waals surface area contributed by atoms with Crippen LogP contribution in [0.4, 0.5) is 0 Å². The molecule has 1 heterocycles. The van der Waals surface area contributed by atoms with E-state index >= 15 is 0 Å². The zero-order chi connectivity index (χ0) is 14.7. The molecule has 106 valence electrons. The molecule has 1 N–H and O–H groups in total. The number of rotatable bonds is 4. The van der Waals surface area contributed by atoms with Crippen LogP contribution in [-0.2, 0) is 0 Å². The van der Waals surface area contributed by atoms with Crippen molar-refractivity contribution in [2.24, 2.45) is 0 Å². The lowest BCUT2D eigenvalue weighted by Crippen LogP contribution is -2.00. The predicted molar refractivity (Wildman–Crippen MR) is 82.1 cm³/mol. The average Bonchev–Trinajstić information content (AvgIpc) is 2.45. The van der Waals surface area contributed by atoms with Crippen LogP contribution < -0.4 is 9.47 Å². The summed E-state index contributed by atoms with van der Waals surface area (Å²) < 4.78 is 11.2. The molecule has 2 aromatic rings. The van der Waals surface area contributed by atoms with E-state index in [0.717, 1.165) is 28.6 Å². The normalized spacial score (nSPS) is 10.7. The SMILES string of the molecule is COc1ccc(-c2cc(=S)nc(C(C)C)[nH]2)c(OC)c1. The molecule has 0 fully saturated rings. The fourth-order valence-corrected chi connectivity index (χ4v) is 2.13. The van der Waals surface area contributed by atoms with Gasteiger partial charge in [0.15, 0.2) is 0 Å². The molecule has 0 radical (unpaired) electrons. The number of benzene rings is 1. The van der Waals surface area contributed by atoms with Gasteiger partial charge in [0.1, 0.15) is 22.0 Å². The number of hydrogen-bond acceptors (Lipinski definition) is 4. The third-order valence-electron chi connectivity index (χ3n) is 3.01. The molecule has 0 aliphatic carbocycles. The molecule has 0 atom stereocenters. The first kappa shape index (κ1) is 14.5. The first-order chi connectivity index (χ1) is 9.55. The predicted octanol–water partition coefficient (Wildman–Crippen LogP) is 3.95. The van der Waals surface area contributed by atoms with Crippen LogP contribution in [0.1, 0.15) is 25.6 Å². The number of nitrogens with zero attached hydrogens (tertiary/aromatic N) is 1. The minimum absolute atomic E-state index is 0.279. The summed E-state index contributed by atoms with van der Waals surface area (Å²) in [5.41, 5.74) is 1.83. The minimum Gasteiger partial charge on any atom is -0.497 e. The van der Waals surface area contributed by atoms with Crippen LogP contribution in [-0.4, -0.2) is 24.2 Å². The quantitative estimate of drug-likeness (QED) is 0.866. The second-order valence-corrected chi connectivity index (χ2v) is 5.16. The van der Waals surface area contributed by atoms with Gasteiger partial charge in [-0.3, -0.25) is 0 Å². The summed E-state index contributed by atoms with van der Waals surface area (Å²) in [5.74, 6) is 2.63. The molecule has 0 aliphatic heterocycles. The fourth-order valence-electron chi connectivity index (χ4n) is 1.92. The molecule has 1 aromatic carbocycles. The van der Waals surface area contributed by atoms with Crippen LogP contribution in [0, 0.1) is 4.64 Å². The van der Waals surface area contributed by atoms with Crippen molar-refractivity contribution in [2.75, 3.05) is 14.2 Å². The topological polar surface area (TPSA) is 47.1 Å². The number of aromatic nitrogens is 2. The van der Waals surface area contributed by atoms with E-state index in [1.54, 1.807) is 14.2 Å². The van der Waals surface area contributed by atoms with Gasteiger partial charge in [-0.2, -0.15) is 0 Å². The third kappa shape index (κ3) is 2.99. The van der Waals surface area contributed by atoms with Crippen molar-refractivity contribution in [3.63, 3.8) is 0 Å². The number of hydrogen-bond donors (Lipinski definition) is 1. The number of aromatic amines is 1. The number of methoxy groups -OCH3 is 2. The Morgan fingerprint density at radius 2 is 1.90 bits per heavy atom. The van der Waals surface area contributed by atoms with Gasteiger partial charge < -0.3 is 14.5 Å². The first-order valence-corrected chi connectivity index (χ1v) is 6.79. The molecular weight excluding hydrogens is 272 g/mol. The van der Waals surface area contributed by atoms with Gasteiger partial charge in [-0.1, -0.05) is 26.1 Å². The van der Waals surface area contributed by atoms with Gasteiger partial charge in [-0.05, 0) is 18.2 Å². The summed E-state index contributed by atoms with van der Waals surface area (Å²) in [6.07, 6.45) is 0. The summed E-state index contributed by atoms with van der Waals surface area (Å²) >= 11 is 5.24. The zero-order valence-corrected chi connectivity index (χ0v) is 12.9. The van der Waals surface area contributed by atoms with Crippen molar-refractivity contribution in [1.82, 2.24) is 9.97 Å². The van der Waals surface area contributed by atoms with E-state index in [0.29, 0.717) is 4.64 Å². The monoisotopic (exact) mass is 290 g/mol. The van der Waals surface area contributed by atoms with E-state index in [-0.39, 0.29) is 5.92 Å². The van der Waals surface area contributed by atoms with Crippen molar-refractivity contribution in [1.29, 1.82) is 0 Å². The Kier molecular flexibility index (Phi) is 4.39. The highest BCUT2D eigenvalue weighted by atomic mass is 32.1. The molecule has 0 saturated heterocycles. The van der Waals surface area contributed by atoms with Crippen molar-refractivity contribution in [3.8, 4) is 22.8 Å². The van der Waals surface area contributed by atoms with E-state index in [1.807, 2.05) is 24.3 Å². The van der Waals surface area contributed by atoms with Gasteiger partial charge in [0.05, 0.1) is 19.9 Å². The Bertz CT molecular complexity index is 665. The number of nitrogens with one attached hydrogen (secondary N) is 1. The van der Waals surface area contributed by atoms with E-state index in [9.17, 15) is 0 Å². The Morgan fingerprint density at radius 1 is 1.15 bits per heavy atom. The molecule has 0 aliphatic rings. The van der Waals surface area contributed by atoms with E-state index in [1.165, 1.54) is 0 Å². The Hall–Kier alpha value is -1.88. The Morgan fingerprint density at radius 3 is 2.50 bits per heavy atom. The zero-order valence-electron chi connectivity index (χ0n) is 12.1. The lowest BCUT2D eigenvalue weighted by Gasteiger charge is -2.12. The van der Waals surface area contributed by atoms with Crippen LogP contribution in [0.15, 0.2) is 24.3 Å². The summed E-state index contributed by atoms with van der Waals surface area (Å²) in [4.78, 5) is 7.66. The van der Waals surface area contributed by atoms with Gasteiger partial charge in [0.2, 0.25) is 0 Å². The standard InChI is InChI=1S/C15H18N2O2S/c1-9(2)15-16-12(8-14(20)17-15)11-6-5-10(18-3)7-13(11)19-4/h5-9H,1-4H3,(H,16,17,20). The lowest BCUT2D eigenvalue weighted by atomic mass is 10.1. The summed E-state index contributed by atoms with van der Waals surface area (Å²) in [7, 11) is 3.27. The van der Waals surface area contributed by atoms with Crippen LogP contribution in [0.5, 0.6) is 11.5 Å². The minimum atomic E-state index is 0.279. The molecule has 0 unspecified atom stereocenters. The summed E-state index contributed by atoms with van der Waals surface area (Å²) in [5, 5.41) is 0. The van der Waals surface area contributed by atoms with Crippen molar-refractivity contribution in [3.05, 3.63) is 34.7 Å². The number of H-pyrrole nitrogens is 1. The van der Waals surface area contributed by atoms with E-state index in [2.05, 4.69) is 23.8 Å². The molecule has 1 aromatic heterocycles. The van der Waals surface area contributed by atoms with Crippen molar-refractivity contribution in [2.45, 2.75) is 19.8 Å². The first-order valence-electron chi connectivity index (χ1n) is 6.38. The maximum atomic E-state index is 5.43. The van der Waals surface area contributed by atoms with Crippen LogP contribution >= 0.6 is 12.2 Å². The highest BCUT2D eigenvalue weighted by molar-refractivity contribution is 7.71. The second-order valence-electron chi connectivity index (χ2n) is 4.74. The van der Waals surface area contributed by atoms with E-state index < -0.39 is 0 Å². The van der Waals surface area contributed by atoms with Gasteiger partial charge >= 0.3 is 0 Å². The average molecular weight is 290 g/mol. The van der Waals surface area contributed by atoms with Crippen molar-refractivity contribution >= 4 is 12.2 Å². The van der Waals surface area contributed by atoms with Gasteiger partial charge in [0.25, 0.3) is 0 Å². The molecule has 0 saturated carbocycles. The highest BCUT2D eigenvalue weighted by Gasteiger charge is 2.10. The molecule has 5 heteroatoms. The van der Waals surface area contributed by atoms with Crippen LogP contribution in [0.3, 0.4) is 0 Å². The molecule has 0 bridgehead atoms. The maximum absolute atomic E-state index is 5.43. The van der Waals surface area contributed by atoms with Gasteiger partial charge in [-0.25, -0.2) is 4.98 Å². The summed E-state index contributed by atoms with van der Waals surface area (Å²) in [6.45, 7) is 4.14. The Balaban J connectivity index is 2.59. The Labute approximate surface area is 123 Å². The molecule has 20 heavy (non-hydrogen) atoms. The molecule has 0 amide bonds. The van der Waals surface area contributed by atoms with Crippen LogP contribution in [0.25, 0.3) is 11.3 Å². The summed E-state index contributed by atoms with van der Waals surface area (Å²) in [6, 6.07) is 7.53.